The maximum atomic E-state index is 12.1. The van der Waals surface area contributed by atoms with Crippen LogP contribution in [0.15, 0.2) is 47.4 Å². The highest BCUT2D eigenvalue weighted by Crippen LogP contribution is 2.24. The van der Waals surface area contributed by atoms with E-state index in [9.17, 15) is 9.90 Å². The van der Waals surface area contributed by atoms with Crippen LogP contribution in [0.25, 0.3) is 0 Å². The topological polar surface area (TPSA) is 49.3 Å². The minimum Gasteiger partial charge on any atom is -0.508 e. The summed E-state index contributed by atoms with van der Waals surface area (Å²) >= 11 is 1.63. The summed E-state index contributed by atoms with van der Waals surface area (Å²) in [5.74, 6) is -0.00289. The molecule has 98 valence electrons. The number of amides is 1. The zero-order valence-corrected chi connectivity index (χ0v) is 11.6. The van der Waals surface area contributed by atoms with E-state index in [0.717, 1.165) is 4.90 Å². The van der Waals surface area contributed by atoms with E-state index in [1.807, 2.05) is 18.4 Å². The average Bonchev–Trinajstić information content (AvgIpc) is 2.44. The van der Waals surface area contributed by atoms with Gasteiger partial charge in [0.1, 0.15) is 5.75 Å². The molecule has 2 rings (SSSR count). The van der Waals surface area contributed by atoms with Gasteiger partial charge >= 0.3 is 0 Å². The predicted octanol–water partition coefficient (Wildman–Crippen LogP) is 3.67. The Kier molecular flexibility index (Phi) is 4.12. The van der Waals surface area contributed by atoms with Crippen LogP contribution in [0.5, 0.6) is 5.75 Å². The zero-order chi connectivity index (χ0) is 13.8. The van der Waals surface area contributed by atoms with Crippen LogP contribution in [0, 0.1) is 6.92 Å². The lowest BCUT2D eigenvalue weighted by Crippen LogP contribution is -2.12. The molecule has 0 spiro atoms. The molecule has 4 heteroatoms. The van der Waals surface area contributed by atoms with Gasteiger partial charge in [-0.15, -0.1) is 11.8 Å². The molecule has 0 heterocycles. The van der Waals surface area contributed by atoms with Crippen LogP contribution in [-0.2, 0) is 0 Å². The number of hydrogen-bond acceptors (Lipinski definition) is 3. The van der Waals surface area contributed by atoms with Gasteiger partial charge in [-0.25, -0.2) is 0 Å². The Bertz CT molecular complexity index is 594. The lowest BCUT2D eigenvalue weighted by Gasteiger charge is -2.09. The molecule has 0 aromatic heterocycles. The molecule has 0 bridgehead atoms. The maximum absolute atomic E-state index is 12.1. The molecule has 0 aliphatic heterocycles. The Labute approximate surface area is 116 Å². The highest BCUT2D eigenvalue weighted by atomic mass is 32.2. The van der Waals surface area contributed by atoms with Crippen molar-refractivity contribution in [1.29, 1.82) is 0 Å². The van der Waals surface area contributed by atoms with Crippen LogP contribution in [0.2, 0.25) is 0 Å². The first-order valence-electron chi connectivity index (χ1n) is 5.86. The van der Waals surface area contributed by atoms with E-state index in [1.54, 1.807) is 49.0 Å². The van der Waals surface area contributed by atoms with Gasteiger partial charge in [0.15, 0.2) is 0 Å². The third-order valence-corrected chi connectivity index (χ3v) is 3.65. The van der Waals surface area contributed by atoms with E-state index in [2.05, 4.69) is 5.32 Å². The highest BCUT2D eigenvalue weighted by molar-refractivity contribution is 7.98. The number of aromatic hydroxyl groups is 1. The molecule has 19 heavy (non-hydrogen) atoms. The largest absolute Gasteiger partial charge is 0.508 e. The monoisotopic (exact) mass is 273 g/mol. The number of benzene rings is 2. The maximum Gasteiger partial charge on any atom is 0.255 e. The number of thioether (sulfide) groups is 1. The molecule has 0 unspecified atom stereocenters. The minimum atomic E-state index is -0.179. The van der Waals surface area contributed by atoms with Gasteiger partial charge in [0.2, 0.25) is 0 Å². The van der Waals surface area contributed by atoms with Crippen molar-refractivity contribution in [2.24, 2.45) is 0 Å². The summed E-state index contributed by atoms with van der Waals surface area (Å²) in [6.07, 6.45) is 1.99. The molecule has 3 nitrogen and oxygen atoms in total. The minimum absolute atomic E-state index is 0.176. The van der Waals surface area contributed by atoms with E-state index in [4.69, 9.17) is 0 Å². The first-order valence-corrected chi connectivity index (χ1v) is 7.08. The summed E-state index contributed by atoms with van der Waals surface area (Å²) in [6, 6.07) is 12.5. The second-order valence-corrected chi connectivity index (χ2v) is 5.01. The van der Waals surface area contributed by atoms with Gasteiger partial charge < -0.3 is 10.4 Å². The van der Waals surface area contributed by atoms with Crippen LogP contribution in [0.4, 0.5) is 5.69 Å². The van der Waals surface area contributed by atoms with Crippen LogP contribution < -0.4 is 5.32 Å². The summed E-state index contributed by atoms with van der Waals surface area (Å²) in [7, 11) is 0. The van der Waals surface area contributed by atoms with Crippen LogP contribution in [-0.4, -0.2) is 17.3 Å². The van der Waals surface area contributed by atoms with Crippen molar-refractivity contribution in [1.82, 2.24) is 0 Å². The van der Waals surface area contributed by atoms with Gasteiger partial charge in [-0.05, 0) is 49.6 Å². The van der Waals surface area contributed by atoms with Gasteiger partial charge in [0.05, 0.1) is 0 Å². The standard InChI is InChI=1S/C15H15NO2S/c1-10-13(4-3-5-14(10)17)16-15(18)11-6-8-12(19-2)9-7-11/h3-9,17H,1-2H3,(H,16,18). The highest BCUT2D eigenvalue weighted by Gasteiger charge is 2.09. The van der Waals surface area contributed by atoms with Gasteiger partial charge in [0.25, 0.3) is 5.91 Å². The van der Waals surface area contributed by atoms with E-state index in [1.165, 1.54) is 0 Å². The average molecular weight is 273 g/mol. The van der Waals surface area contributed by atoms with E-state index < -0.39 is 0 Å². The molecule has 2 aromatic carbocycles. The van der Waals surface area contributed by atoms with Crippen LogP contribution in [0.1, 0.15) is 15.9 Å². The fourth-order valence-corrected chi connectivity index (χ4v) is 2.10. The summed E-state index contributed by atoms with van der Waals surface area (Å²) in [6.45, 7) is 1.77. The molecule has 2 aromatic rings. The second-order valence-electron chi connectivity index (χ2n) is 4.13. The molecule has 0 aliphatic rings. The van der Waals surface area contributed by atoms with Gasteiger partial charge in [-0.3, -0.25) is 4.79 Å². The molecule has 0 aliphatic carbocycles. The molecular weight excluding hydrogens is 258 g/mol. The van der Waals surface area contributed by atoms with Gasteiger partial charge in [0, 0.05) is 21.7 Å². The third-order valence-electron chi connectivity index (χ3n) is 2.91. The lowest BCUT2D eigenvalue weighted by molar-refractivity contribution is 0.102. The van der Waals surface area contributed by atoms with E-state index >= 15 is 0 Å². The number of phenolic OH excluding ortho intramolecular Hbond substituents is 1. The number of carbonyl (C=O) groups is 1. The Morgan fingerprint density at radius 3 is 2.47 bits per heavy atom. The quantitative estimate of drug-likeness (QED) is 0.839. The molecule has 0 fully saturated rings. The first-order chi connectivity index (χ1) is 9.11. The Hall–Kier alpha value is -1.94. The van der Waals surface area contributed by atoms with Crippen molar-refractivity contribution < 1.29 is 9.90 Å². The van der Waals surface area contributed by atoms with Crippen molar-refractivity contribution >= 4 is 23.4 Å². The van der Waals surface area contributed by atoms with Crippen LogP contribution >= 0.6 is 11.8 Å². The Morgan fingerprint density at radius 1 is 1.16 bits per heavy atom. The smallest absolute Gasteiger partial charge is 0.255 e. The van der Waals surface area contributed by atoms with E-state index in [0.29, 0.717) is 16.8 Å². The third kappa shape index (κ3) is 3.09. The Balaban J connectivity index is 2.18. The normalized spacial score (nSPS) is 10.2. The predicted molar refractivity (Wildman–Crippen MR) is 79.0 cm³/mol. The van der Waals surface area contributed by atoms with Gasteiger partial charge in [-0.2, -0.15) is 0 Å². The summed E-state index contributed by atoms with van der Waals surface area (Å²) in [4.78, 5) is 13.2. The molecule has 0 atom stereocenters. The Morgan fingerprint density at radius 2 is 1.84 bits per heavy atom. The van der Waals surface area contributed by atoms with Crippen molar-refractivity contribution in [2.45, 2.75) is 11.8 Å². The number of carbonyl (C=O) groups excluding carboxylic acids is 1. The van der Waals surface area contributed by atoms with Gasteiger partial charge in [-0.1, -0.05) is 6.07 Å². The number of nitrogens with one attached hydrogen (secondary N) is 1. The molecule has 0 radical (unpaired) electrons. The van der Waals surface area contributed by atoms with E-state index in [-0.39, 0.29) is 11.7 Å². The SMILES string of the molecule is CSc1ccc(C(=O)Nc2cccc(O)c2C)cc1. The molecule has 1 amide bonds. The van der Waals surface area contributed by atoms with Crippen molar-refractivity contribution in [3.63, 3.8) is 0 Å². The second kappa shape index (κ2) is 5.80. The fraction of sp³-hybridized carbons (Fsp3) is 0.133. The number of hydrogen-bond donors (Lipinski definition) is 2. The summed E-state index contributed by atoms with van der Waals surface area (Å²) in [5.41, 5.74) is 1.89. The first kappa shape index (κ1) is 13.5. The lowest BCUT2D eigenvalue weighted by atomic mass is 10.1. The summed E-state index contributed by atoms with van der Waals surface area (Å²) < 4.78 is 0. The van der Waals surface area contributed by atoms with Crippen molar-refractivity contribution in [2.75, 3.05) is 11.6 Å². The fourth-order valence-electron chi connectivity index (χ4n) is 1.70. The number of phenols is 1. The number of rotatable bonds is 3. The molecule has 2 N–H and O–H groups in total. The number of anilines is 1. The van der Waals surface area contributed by atoms with Crippen molar-refractivity contribution in [3.8, 4) is 5.75 Å². The summed E-state index contributed by atoms with van der Waals surface area (Å²) in [5, 5.41) is 12.4. The molecule has 0 saturated heterocycles. The van der Waals surface area contributed by atoms with Crippen LogP contribution in [0.3, 0.4) is 0 Å². The molecule has 0 saturated carbocycles. The zero-order valence-electron chi connectivity index (χ0n) is 10.8. The molecular formula is C15H15NO2S. The van der Waals surface area contributed by atoms with Crippen molar-refractivity contribution in [3.05, 3.63) is 53.6 Å².